The highest BCUT2D eigenvalue weighted by Gasteiger charge is 2.33. The number of morpholine rings is 1. The number of likely N-dealkylation sites (N-methyl/N-ethyl adjacent to an activating group) is 1. The number of amides is 2. The summed E-state index contributed by atoms with van der Waals surface area (Å²) in [5.41, 5.74) is 3.70. The van der Waals surface area contributed by atoms with Gasteiger partial charge in [0.2, 0.25) is 10.1 Å². The number of hydrogen-bond acceptors (Lipinski definition) is 10. The van der Waals surface area contributed by atoms with Crippen LogP contribution in [0.15, 0.2) is 24.3 Å². The number of nitrogens with zero attached hydrogens (tertiary/aromatic N) is 9. The molecule has 1 aromatic carbocycles. The van der Waals surface area contributed by atoms with Gasteiger partial charge in [-0.15, -0.1) is 5.10 Å². The number of imidazole rings is 1. The average Bonchev–Trinajstić information content (AvgIpc) is 3.79. The molecule has 2 saturated heterocycles. The second kappa shape index (κ2) is 11.3. The SMILES string of the molecule is CCc1nc2sc(N3CCC(N(C)C(=O)N4CCOCC4)C3)nn2c1N(C)c1nc(-c2ccc(C)cc2)c(C#N)s1. The zero-order valence-corrected chi connectivity index (χ0v) is 25.3. The zero-order chi connectivity index (χ0) is 28.7. The van der Waals surface area contributed by atoms with Crippen LogP contribution in [0.4, 0.5) is 20.9 Å². The second-order valence-electron chi connectivity index (χ2n) is 10.4. The summed E-state index contributed by atoms with van der Waals surface area (Å²) in [6.45, 7) is 8.15. The normalized spacial score (nSPS) is 17.3. The fraction of sp³-hybridized carbons (Fsp3) is 0.464. The molecule has 0 spiro atoms. The molecule has 3 aromatic heterocycles. The van der Waals surface area contributed by atoms with Crippen molar-refractivity contribution in [2.75, 3.05) is 63.3 Å². The lowest BCUT2D eigenvalue weighted by Crippen LogP contribution is -2.50. The Morgan fingerprint density at radius 3 is 2.61 bits per heavy atom. The minimum atomic E-state index is 0.0655. The van der Waals surface area contributed by atoms with Crippen LogP contribution >= 0.6 is 22.7 Å². The van der Waals surface area contributed by atoms with E-state index in [0.29, 0.717) is 42.0 Å². The summed E-state index contributed by atoms with van der Waals surface area (Å²) in [5, 5.41) is 16.5. The van der Waals surface area contributed by atoms with Crippen molar-refractivity contribution in [3.8, 4) is 17.3 Å². The topological polar surface area (TPSA) is 106 Å². The lowest BCUT2D eigenvalue weighted by molar-refractivity contribution is 0.0427. The van der Waals surface area contributed by atoms with E-state index < -0.39 is 0 Å². The van der Waals surface area contributed by atoms with Crippen molar-refractivity contribution in [1.29, 1.82) is 5.26 Å². The van der Waals surface area contributed by atoms with Crippen LogP contribution in [-0.2, 0) is 11.2 Å². The van der Waals surface area contributed by atoms with Crippen molar-refractivity contribution in [3.63, 3.8) is 0 Å². The molecule has 2 amide bonds. The van der Waals surface area contributed by atoms with Gasteiger partial charge in [0.25, 0.3) is 0 Å². The first kappa shape index (κ1) is 27.4. The highest BCUT2D eigenvalue weighted by atomic mass is 32.1. The number of hydrogen-bond donors (Lipinski definition) is 0. The van der Waals surface area contributed by atoms with Crippen molar-refractivity contribution in [3.05, 3.63) is 40.4 Å². The number of rotatable bonds is 6. The molecule has 1 unspecified atom stereocenters. The molecule has 1 atom stereocenters. The third-order valence-corrected chi connectivity index (χ3v) is 9.79. The van der Waals surface area contributed by atoms with Gasteiger partial charge in [-0.2, -0.15) is 9.78 Å². The molecule has 2 aliphatic rings. The molecule has 214 valence electrons. The first-order chi connectivity index (χ1) is 19.9. The maximum atomic E-state index is 13.0. The van der Waals surface area contributed by atoms with E-state index in [1.807, 2.05) is 64.5 Å². The molecular weight excluding hydrogens is 559 g/mol. The average molecular weight is 592 g/mol. The van der Waals surface area contributed by atoms with Gasteiger partial charge in [0.05, 0.1) is 24.9 Å². The maximum Gasteiger partial charge on any atom is 0.320 e. The first-order valence-corrected chi connectivity index (χ1v) is 15.5. The van der Waals surface area contributed by atoms with Crippen LogP contribution in [0.1, 0.15) is 29.5 Å². The monoisotopic (exact) mass is 591 g/mol. The summed E-state index contributed by atoms with van der Waals surface area (Å²) in [7, 11) is 3.86. The van der Waals surface area contributed by atoms with Crippen LogP contribution in [0, 0.1) is 18.3 Å². The summed E-state index contributed by atoms with van der Waals surface area (Å²) in [6.07, 6.45) is 1.63. The summed E-state index contributed by atoms with van der Waals surface area (Å²) in [5.74, 6) is 0.856. The molecule has 11 nitrogen and oxygen atoms in total. The molecule has 5 heterocycles. The number of carbonyl (C=O) groups is 1. The zero-order valence-electron chi connectivity index (χ0n) is 23.7. The van der Waals surface area contributed by atoms with Gasteiger partial charge in [-0.25, -0.2) is 14.8 Å². The van der Waals surface area contributed by atoms with Crippen molar-refractivity contribution in [2.45, 2.75) is 32.7 Å². The van der Waals surface area contributed by atoms with Crippen molar-refractivity contribution in [1.82, 2.24) is 29.4 Å². The lowest BCUT2D eigenvalue weighted by Gasteiger charge is -2.33. The standard InChI is InChI=1S/C28H33N9O2S2/c1-5-21-24(34(4)25-31-23(22(16-29)40-25)19-8-6-18(2)7-9-19)37-26(30-21)41-27(32-37)36-11-10-20(17-36)33(3)28(38)35-12-14-39-15-13-35/h6-9,20H,5,10-15,17H2,1-4H3. The van der Waals surface area contributed by atoms with E-state index in [4.69, 9.17) is 19.8 Å². The molecule has 0 radical (unpaired) electrons. The van der Waals surface area contributed by atoms with Gasteiger partial charge in [-0.3, -0.25) is 0 Å². The number of anilines is 3. The number of nitriles is 1. The molecule has 0 saturated carbocycles. The summed E-state index contributed by atoms with van der Waals surface area (Å²) in [6, 6.07) is 10.6. The number of carbonyl (C=O) groups excluding carboxylic acids is 1. The van der Waals surface area contributed by atoms with E-state index in [9.17, 15) is 10.1 Å². The Bertz CT molecular complexity index is 1600. The van der Waals surface area contributed by atoms with E-state index in [1.165, 1.54) is 11.3 Å². The molecule has 6 rings (SSSR count). The maximum absolute atomic E-state index is 13.0. The van der Waals surface area contributed by atoms with Crippen LogP contribution in [-0.4, -0.2) is 94.9 Å². The molecule has 0 aliphatic carbocycles. The Morgan fingerprint density at radius 2 is 1.90 bits per heavy atom. The minimum Gasteiger partial charge on any atom is -0.378 e. The van der Waals surface area contributed by atoms with Crippen molar-refractivity contribution >= 4 is 49.7 Å². The second-order valence-corrected chi connectivity index (χ2v) is 12.3. The summed E-state index contributed by atoms with van der Waals surface area (Å²) < 4.78 is 7.30. The molecule has 2 aliphatic heterocycles. The Morgan fingerprint density at radius 1 is 1.15 bits per heavy atom. The third kappa shape index (κ3) is 5.11. The Balaban J connectivity index is 1.25. The van der Waals surface area contributed by atoms with Crippen molar-refractivity contribution < 1.29 is 9.53 Å². The van der Waals surface area contributed by atoms with Gasteiger partial charge in [0.1, 0.15) is 16.6 Å². The molecule has 2 fully saturated rings. The van der Waals surface area contributed by atoms with Crippen LogP contribution in [0.5, 0.6) is 0 Å². The fourth-order valence-corrected chi connectivity index (χ4v) is 7.16. The number of fused-ring (bicyclic) bond motifs is 1. The van der Waals surface area contributed by atoms with Gasteiger partial charge in [-0.05, 0) is 19.8 Å². The fourth-order valence-electron chi connectivity index (χ4n) is 5.36. The predicted molar refractivity (Wildman–Crippen MR) is 161 cm³/mol. The number of thiazole rings is 1. The number of aromatic nitrogens is 4. The van der Waals surface area contributed by atoms with Gasteiger partial charge in [0, 0.05) is 45.8 Å². The molecule has 0 N–H and O–H groups in total. The summed E-state index contributed by atoms with van der Waals surface area (Å²) >= 11 is 2.93. The lowest BCUT2D eigenvalue weighted by atomic mass is 10.1. The molecule has 41 heavy (non-hydrogen) atoms. The Hall–Kier alpha value is -3.73. The van der Waals surface area contributed by atoms with E-state index in [1.54, 1.807) is 11.3 Å². The van der Waals surface area contributed by atoms with Gasteiger partial charge >= 0.3 is 6.03 Å². The van der Waals surface area contributed by atoms with E-state index in [-0.39, 0.29) is 12.1 Å². The van der Waals surface area contributed by atoms with E-state index in [0.717, 1.165) is 58.7 Å². The van der Waals surface area contributed by atoms with Crippen LogP contribution in [0.2, 0.25) is 0 Å². The first-order valence-electron chi connectivity index (χ1n) is 13.8. The Labute approximate surface area is 247 Å². The Kier molecular flexibility index (Phi) is 7.54. The minimum absolute atomic E-state index is 0.0655. The van der Waals surface area contributed by atoms with E-state index in [2.05, 4.69) is 17.9 Å². The number of aryl methyl sites for hydroxylation is 2. The van der Waals surface area contributed by atoms with Crippen LogP contribution in [0.25, 0.3) is 16.2 Å². The highest BCUT2D eigenvalue weighted by molar-refractivity contribution is 7.20. The number of benzene rings is 1. The predicted octanol–water partition coefficient (Wildman–Crippen LogP) is 4.39. The molecular formula is C28H33N9O2S2. The van der Waals surface area contributed by atoms with E-state index >= 15 is 0 Å². The number of urea groups is 1. The number of ether oxygens (including phenoxy) is 1. The molecule has 4 aromatic rings. The molecule has 0 bridgehead atoms. The van der Waals surface area contributed by atoms with Crippen LogP contribution < -0.4 is 9.80 Å². The highest BCUT2D eigenvalue weighted by Crippen LogP contribution is 2.38. The largest absolute Gasteiger partial charge is 0.378 e. The third-order valence-electron chi connectivity index (χ3n) is 7.79. The van der Waals surface area contributed by atoms with Gasteiger partial charge in [0.15, 0.2) is 10.9 Å². The van der Waals surface area contributed by atoms with Gasteiger partial charge in [-0.1, -0.05) is 59.4 Å². The molecule has 13 heteroatoms. The smallest absolute Gasteiger partial charge is 0.320 e. The van der Waals surface area contributed by atoms with Crippen molar-refractivity contribution in [2.24, 2.45) is 0 Å². The quantitative estimate of drug-likeness (QED) is 0.325. The van der Waals surface area contributed by atoms with Crippen LogP contribution in [0.3, 0.4) is 0 Å². The summed E-state index contributed by atoms with van der Waals surface area (Å²) in [4.78, 5) is 32.2. The van der Waals surface area contributed by atoms with Gasteiger partial charge < -0.3 is 24.3 Å².